The van der Waals surface area contributed by atoms with Gasteiger partial charge < -0.3 is 19.3 Å². The van der Waals surface area contributed by atoms with Gasteiger partial charge in [-0.2, -0.15) is 0 Å². The topological polar surface area (TPSA) is 85.3 Å². The van der Waals surface area contributed by atoms with E-state index in [0.29, 0.717) is 40.7 Å². The number of amides is 1. The summed E-state index contributed by atoms with van der Waals surface area (Å²) in [6.07, 6.45) is 0.873. The van der Waals surface area contributed by atoms with Crippen LogP contribution < -0.4 is 19.1 Å². The van der Waals surface area contributed by atoms with Crippen LogP contribution in [0.1, 0.15) is 55.8 Å². The number of rotatable bonds is 9. The van der Waals surface area contributed by atoms with Gasteiger partial charge in [-0.25, -0.2) is 0 Å². The lowest BCUT2D eigenvalue weighted by molar-refractivity contribution is -0.132. The highest BCUT2D eigenvalue weighted by molar-refractivity contribution is 6.51. The van der Waals surface area contributed by atoms with Crippen LogP contribution in [0.5, 0.6) is 17.2 Å². The number of methoxy groups -OCH3 is 2. The van der Waals surface area contributed by atoms with Gasteiger partial charge in [0.25, 0.3) is 11.7 Å². The van der Waals surface area contributed by atoms with E-state index in [4.69, 9.17) is 14.2 Å². The first-order valence-corrected chi connectivity index (χ1v) is 12.7. The number of anilines is 1. The first kappa shape index (κ1) is 26.8. The Morgan fingerprint density at radius 2 is 1.68 bits per heavy atom. The molecule has 3 aromatic carbocycles. The summed E-state index contributed by atoms with van der Waals surface area (Å²) in [5.74, 6) is 0.302. The van der Waals surface area contributed by atoms with Gasteiger partial charge in [0.05, 0.1) is 32.4 Å². The van der Waals surface area contributed by atoms with Crippen LogP contribution in [-0.4, -0.2) is 37.6 Å². The second-order valence-corrected chi connectivity index (χ2v) is 9.40. The van der Waals surface area contributed by atoms with Gasteiger partial charge in [0, 0.05) is 17.3 Å². The SMILES string of the molecule is CCCOc1ccc(C2/C(=C(/O)c3ccc(OC)c(C(C)C)c3)C(=O)C(=O)N2c2cccc(OC)c2)cc1. The van der Waals surface area contributed by atoms with Crippen molar-refractivity contribution < 1.29 is 28.9 Å². The van der Waals surface area contributed by atoms with Gasteiger partial charge in [0.15, 0.2) is 0 Å². The van der Waals surface area contributed by atoms with Crippen LogP contribution in [0.4, 0.5) is 5.69 Å². The molecule has 198 valence electrons. The minimum atomic E-state index is -0.855. The number of Topliss-reactive ketones (excluding diaryl/α,β-unsaturated/α-hetero) is 1. The summed E-state index contributed by atoms with van der Waals surface area (Å²) in [5, 5.41) is 11.5. The van der Waals surface area contributed by atoms with Gasteiger partial charge >= 0.3 is 0 Å². The van der Waals surface area contributed by atoms with Crippen LogP contribution in [-0.2, 0) is 9.59 Å². The Kier molecular flexibility index (Phi) is 8.05. The third-order valence-corrected chi connectivity index (χ3v) is 6.57. The Balaban J connectivity index is 1.90. The van der Waals surface area contributed by atoms with E-state index in [2.05, 4.69) is 0 Å². The summed E-state index contributed by atoms with van der Waals surface area (Å²) >= 11 is 0. The highest BCUT2D eigenvalue weighted by atomic mass is 16.5. The lowest BCUT2D eigenvalue weighted by Gasteiger charge is -2.26. The van der Waals surface area contributed by atoms with E-state index in [-0.39, 0.29) is 17.3 Å². The third kappa shape index (κ3) is 5.09. The molecule has 1 heterocycles. The molecule has 4 rings (SSSR count). The number of carbonyl (C=O) groups excluding carboxylic acids is 2. The minimum absolute atomic E-state index is 0.0138. The van der Waals surface area contributed by atoms with Gasteiger partial charge in [-0.05, 0) is 65.9 Å². The van der Waals surface area contributed by atoms with Gasteiger partial charge in [-0.1, -0.05) is 39.0 Å². The second kappa shape index (κ2) is 11.4. The van der Waals surface area contributed by atoms with E-state index in [0.717, 1.165) is 12.0 Å². The molecule has 0 bridgehead atoms. The molecule has 1 fully saturated rings. The average Bonchev–Trinajstić information content (AvgIpc) is 3.21. The van der Waals surface area contributed by atoms with Crippen molar-refractivity contribution in [3.8, 4) is 17.2 Å². The number of aliphatic hydroxyl groups excluding tert-OH is 1. The van der Waals surface area contributed by atoms with Crippen molar-refractivity contribution >= 4 is 23.1 Å². The van der Waals surface area contributed by atoms with Crippen LogP contribution in [0.3, 0.4) is 0 Å². The van der Waals surface area contributed by atoms with Gasteiger partial charge in [-0.15, -0.1) is 0 Å². The highest BCUT2D eigenvalue weighted by Crippen LogP contribution is 2.43. The number of hydrogen-bond donors (Lipinski definition) is 1. The summed E-state index contributed by atoms with van der Waals surface area (Å²) in [7, 11) is 3.13. The van der Waals surface area contributed by atoms with E-state index in [1.54, 1.807) is 61.7 Å². The van der Waals surface area contributed by atoms with E-state index < -0.39 is 17.7 Å². The van der Waals surface area contributed by atoms with Crippen molar-refractivity contribution in [3.05, 3.63) is 89.0 Å². The van der Waals surface area contributed by atoms with Crippen LogP contribution in [0.2, 0.25) is 0 Å². The molecule has 0 aromatic heterocycles. The van der Waals surface area contributed by atoms with Crippen molar-refractivity contribution in [1.29, 1.82) is 0 Å². The van der Waals surface area contributed by atoms with Crippen molar-refractivity contribution in [1.82, 2.24) is 0 Å². The van der Waals surface area contributed by atoms with E-state index in [1.807, 2.05) is 32.9 Å². The zero-order valence-electron chi connectivity index (χ0n) is 22.4. The molecule has 1 aliphatic rings. The summed E-state index contributed by atoms with van der Waals surface area (Å²) in [5.41, 5.74) is 2.48. The molecule has 0 spiro atoms. The fourth-order valence-electron chi connectivity index (χ4n) is 4.63. The smallest absolute Gasteiger partial charge is 0.300 e. The molecular formula is C31H33NO6. The zero-order valence-corrected chi connectivity index (χ0v) is 22.4. The van der Waals surface area contributed by atoms with Gasteiger partial charge in [0.2, 0.25) is 0 Å². The fraction of sp³-hybridized carbons (Fsp3) is 0.290. The molecular weight excluding hydrogens is 482 g/mol. The number of carbonyl (C=O) groups is 2. The van der Waals surface area contributed by atoms with Crippen molar-refractivity contribution in [2.75, 3.05) is 25.7 Å². The molecule has 1 N–H and O–H groups in total. The van der Waals surface area contributed by atoms with E-state index in [1.165, 1.54) is 12.0 Å². The van der Waals surface area contributed by atoms with Crippen LogP contribution in [0, 0.1) is 0 Å². The lowest BCUT2D eigenvalue weighted by atomic mass is 9.93. The summed E-state index contributed by atoms with van der Waals surface area (Å²) in [4.78, 5) is 28.4. The van der Waals surface area contributed by atoms with Crippen molar-refractivity contribution in [3.63, 3.8) is 0 Å². The molecule has 7 nitrogen and oxygen atoms in total. The molecule has 0 saturated carbocycles. The maximum Gasteiger partial charge on any atom is 0.300 e. The molecule has 0 aliphatic carbocycles. The molecule has 38 heavy (non-hydrogen) atoms. The minimum Gasteiger partial charge on any atom is -0.507 e. The maximum atomic E-state index is 13.5. The third-order valence-electron chi connectivity index (χ3n) is 6.57. The average molecular weight is 516 g/mol. The molecule has 1 saturated heterocycles. The largest absolute Gasteiger partial charge is 0.507 e. The fourth-order valence-corrected chi connectivity index (χ4v) is 4.63. The second-order valence-electron chi connectivity index (χ2n) is 9.40. The number of ether oxygens (including phenoxy) is 3. The van der Waals surface area contributed by atoms with E-state index in [9.17, 15) is 14.7 Å². The predicted octanol–water partition coefficient (Wildman–Crippen LogP) is 6.24. The quantitative estimate of drug-likeness (QED) is 0.206. The number of nitrogens with zero attached hydrogens (tertiary/aromatic N) is 1. The summed E-state index contributed by atoms with van der Waals surface area (Å²) in [6.45, 7) is 6.65. The molecule has 1 amide bonds. The molecule has 3 aromatic rings. The van der Waals surface area contributed by atoms with Crippen molar-refractivity contribution in [2.45, 2.75) is 39.2 Å². The Hall–Kier alpha value is -4.26. The van der Waals surface area contributed by atoms with Crippen molar-refractivity contribution in [2.24, 2.45) is 0 Å². The Labute approximate surface area is 223 Å². The monoisotopic (exact) mass is 515 g/mol. The Morgan fingerprint density at radius 3 is 2.32 bits per heavy atom. The van der Waals surface area contributed by atoms with Gasteiger partial charge in [0.1, 0.15) is 23.0 Å². The van der Waals surface area contributed by atoms with Crippen LogP contribution in [0.15, 0.2) is 72.3 Å². The van der Waals surface area contributed by atoms with Crippen LogP contribution >= 0.6 is 0 Å². The zero-order chi connectivity index (χ0) is 27.4. The lowest BCUT2D eigenvalue weighted by Crippen LogP contribution is -2.29. The predicted molar refractivity (Wildman–Crippen MR) is 147 cm³/mol. The van der Waals surface area contributed by atoms with E-state index >= 15 is 0 Å². The number of ketones is 1. The molecule has 7 heteroatoms. The summed E-state index contributed by atoms with van der Waals surface area (Å²) in [6, 6.07) is 18.6. The molecule has 1 atom stereocenters. The maximum absolute atomic E-state index is 13.5. The standard InChI is InChI=1S/C31H33NO6/c1-6-16-38-23-13-10-20(11-14-23)28-27(29(33)21-12-15-26(37-5)25(17-21)19(2)3)30(34)31(35)32(28)22-8-7-9-24(18-22)36-4/h7-15,17-19,28,33H,6,16H2,1-5H3/b29-27-. The van der Waals surface area contributed by atoms with Crippen LogP contribution in [0.25, 0.3) is 5.76 Å². The summed E-state index contributed by atoms with van der Waals surface area (Å²) < 4.78 is 16.6. The van der Waals surface area contributed by atoms with Gasteiger partial charge in [-0.3, -0.25) is 14.5 Å². The normalized spacial score (nSPS) is 16.7. The number of aliphatic hydroxyl groups is 1. The first-order valence-electron chi connectivity index (χ1n) is 12.7. The highest BCUT2D eigenvalue weighted by Gasteiger charge is 2.47. The first-order chi connectivity index (χ1) is 18.3. The Morgan fingerprint density at radius 1 is 0.947 bits per heavy atom. The number of hydrogen-bond acceptors (Lipinski definition) is 6. The molecule has 1 unspecified atom stereocenters. The number of benzene rings is 3. The molecule has 1 aliphatic heterocycles. The molecule has 0 radical (unpaired) electrons. The Bertz CT molecular complexity index is 1360.